The van der Waals surface area contributed by atoms with Gasteiger partial charge in [-0.15, -0.1) is 0 Å². The standard InChI is InChI=1S/C18H27N3O3/c1-18(2,11-19)12-20(3)17(23)13-9-16(22)21(10-13)14-5-7-15(24-4)8-6-14/h5-8,13H,9-12,19H2,1-4H3. The van der Waals surface area contributed by atoms with Gasteiger partial charge in [0.25, 0.3) is 0 Å². The van der Waals surface area contributed by atoms with Gasteiger partial charge in [-0.25, -0.2) is 0 Å². The molecule has 24 heavy (non-hydrogen) atoms. The van der Waals surface area contributed by atoms with Crippen molar-refractivity contribution in [2.75, 3.05) is 38.7 Å². The molecule has 1 atom stereocenters. The largest absolute Gasteiger partial charge is 0.497 e. The Balaban J connectivity index is 2.04. The minimum absolute atomic E-state index is 0.000821. The molecule has 1 aromatic rings. The first-order chi connectivity index (χ1) is 11.3. The van der Waals surface area contributed by atoms with Gasteiger partial charge in [0.15, 0.2) is 0 Å². The van der Waals surface area contributed by atoms with Crippen molar-refractivity contribution in [3.63, 3.8) is 0 Å². The lowest BCUT2D eigenvalue weighted by Gasteiger charge is -2.30. The smallest absolute Gasteiger partial charge is 0.227 e. The highest BCUT2D eigenvalue weighted by Crippen LogP contribution is 2.28. The van der Waals surface area contributed by atoms with Crippen molar-refractivity contribution in [2.24, 2.45) is 17.1 Å². The third-order valence-electron chi connectivity index (χ3n) is 4.45. The van der Waals surface area contributed by atoms with Gasteiger partial charge in [-0.05, 0) is 36.2 Å². The molecule has 6 heteroatoms. The van der Waals surface area contributed by atoms with Gasteiger partial charge in [0, 0.05) is 32.2 Å². The molecule has 2 amide bonds. The highest BCUT2D eigenvalue weighted by molar-refractivity contribution is 6.00. The Bertz CT molecular complexity index is 598. The van der Waals surface area contributed by atoms with Gasteiger partial charge in [0.2, 0.25) is 11.8 Å². The number of ether oxygens (including phenoxy) is 1. The monoisotopic (exact) mass is 333 g/mol. The number of hydrogen-bond donors (Lipinski definition) is 1. The summed E-state index contributed by atoms with van der Waals surface area (Å²) in [5.74, 6) is 0.408. The molecule has 1 heterocycles. The van der Waals surface area contributed by atoms with E-state index in [4.69, 9.17) is 10.5 Å². The van der Waals surface area contributed by atoms with E-state index in [-0.39, 0.29) is 29.6 Å². The van der Waals surface area contributed by atoms with Crippen LogP contribution in [0.1, 0.15) is 20.3 Å². The lowest BCUT2D eigenvalue weighted by Crippen LogP contribution is -2.42. The molecule has 1 saturated heterocycles. The van der Waals surface area contributed by atoms with E-state index in [1.165, 1.54) is 0 Å². The summed E-state index contributed by atoms with van der Waals surface area (Å²) in [6, 6.07) is 7.30. The number of nitrogens with two attached hydrogens (primary N) is 1. The van der Waals surface area contributed by atoms with E-state index in [2.05, 4.69) is 0 Å². The number of carbonyl (C=O) groups is 2. The number of hydrogen-bond acceptors (Lipinski definition) is 4. The van der Waals surface area contributed by atoms with Gasteiger partial charge < -0.3 is 20.3 Å². The number of amides is 2. The van der Waals surface area contributed by atoms with Crippen molar-refractivity contribution in [3.05, 3.63) is 24.3 Å². The molecule has 1 aliphatic heterocycles. The maximum Gasteiger partial charge on any atom is 0.227 e. The van der Waals surface area contributed by atoms with Crippen LogP contribution in [0.3, 0.4) is 0 Å². The number of carbonyl (C=O) groups excluding carboxylic acids is 2. The first-order valence-corrected chi connectivity index (χ1v) is 8.17. The van der Waals surface area contributed by atoms with Crippen molar-refractivity contribution in [2.45, 2.75) is 20.3 Å². The van der Waals surface area contributed by atoms with Gasteiger partial charge in [-0.2, -0.15) is 0 Å². The summed E-state index contributed by atoms with van der Waals surface area (Å²) in [6.45, 7) is 5.56. The molecule has 1 unspecified atom stereocenters. The van der Waals surface area contributed by atoms with E-state index in [1.807, 2.05) is 38.1 Å². The lowest BCUT2D eigenvalue weighted by molar-refractivity contribution is -0.135. The summed E-state index contributed by atoms with van der Waals surface area (Å²) < 4.78 is 5.13. The summed E-state index contributed by atoms with van der Waals surface area (Å²) in [5, 5.41) is 0. The Morgan fingerprint density at radius 3 is 2.54 bits per heavy atom. The van der Waals surface area contributed by atoms with Crippen molar-refractivity contribution in [1.82, 2.24) is 4.90 Å². The van der Waals surface area contributed by atoms with E-state index in [1.54, 1.807) is 24.0 Å². The number of methoxy groups -OCH3 is 1. The minimum Gasteiger partial charge on any atom is -0.497 e. The van der Waals surface area contributed by atoms with Gasteiger partial charge in [-0.3, -0.25) is 9.59 Å². The number of nitrogens with zero attached hydrogens (tertiary/aromatic N) is 2. The third-order valence-corrected chi connectivity index (χ3v) is 4.45. The highest BCUT2D eigenvalue weighted by atomic mass is 16.5. The first-order valence-electron chi connectivity index (χ1n) is 8.17. The summed E-state index contributed by atoms with van der Waals surface area (Å²) in [5.41, 5.74) is 6.40. The second kappa shape index (κ2) is 7.21. The fraction of sp³-hybridized carbons (Fsp3) is 0.556. The van der Waals surface area contributed by atoms with E-state index >= 15 is 0 Å². The molecule has 0 bridgehead atoms. The molecule has 0 saturated carbocycles. The molecule has 2 rings (SSSR count). The van der Waals surface area contributed by atoms with Gasteiger partial charge in [0.05, 0.1) is 13.0 Å². The fourth-order valence-corrected chi connectivity index (χ4v) is 2.98. The molecule has 6 nitrogen and oxygen atoms in total. The van der Waals surface area contributed by atoms with E-state index < -0.39 is 0 Å². The summed E-state index contributed by atoms with van der Waals surface area (Å²) in [7, 11) is 3.38. The van der Waals surface area contributed by atoms with Crippen LogP contribution in [0.25, 0.3) is 0 Å². The van der Waals surface area contributed by atoms with Crippen LogP contribution in [0.5, 0.6) is 5.75 Å². The summed E-state index contributed by atoms with van der Waals surface area (Å²) in [6.07, 6.45) is 0.248. The van der Waals surface area contributed by atoms with Crippen LogP contribution in [-0.4, -0.2) is 50.5 Å². The molecule has 0 spiro atoms. The molecule has 1 aliphatic rings. The third kappa shape index (κ3) is 4.06. The molecule has 0 aromatic heterocycles. The van der Waals surface area contributed by atoms with Crippen molar-refractivity contribution in [3.8, 4) is 5.75 Å². The van der Waals surface area contributed by atoms with Crippen LogP contribution >= 0.6 is 0 Å². The van der Waals surface area contributed by atoms with Crippen LogP contribution in [0, 0.1) is 11.3 Å². The zero-order valence-electron chi connectivity index (χ0n) is 14.9. The molecule has 2 N–H and O–H groups in total. The Kier molecular flexibility index (Phi) is 5.49. The number of benzene rings is 1. The second-order valence-electron chi connectivity index (χ2n) is 7.17. The fourth-order valence-electron chi connectivity index (χ4n) is 2.98. The second-order valence-corrected chi connectivity index (χ2v) is 7.17. The van der Waals surface area contributed by atoms with Crippen molar-refractivity contribution >= 4 is 17.5 Å². The molecule has 1 fully saturated rings. The van der Waals surface area contributed by atoms with Crippen LogP contribution in [0.4, 0.5) is 5.69 Å². The Morgan fingerprint density at radius 1 is 1.38 bits per heavy atom. The van der Waals surface area contributed by atoms with Crippen molar-refractivity contribution in [1.29, 1.82) is 0 Å². The van der Waals surface area contributed by atoms with E-state index in [9.17, 15) is 9.59 Å². The van der Waals surface area contributed by atoms with Crippen LogP contribution in [0.15, 0.2) is 24.3 Å². The lowest BCUT2D eigenvalue weighted by atomic mass is 9.92. The van der Waals surface area contributed by atoms with Gasteiger partial charge in [0.1, 0.15) is 5.75 Å². The summed E-state index contributed by atoms with van der Waals surface area (Å²) in [4.78, 5) is 28.3. The van der Waals surface area contributed by atoms with Gasteiger partial charge >= 0.3 is 0 Å². The van der Waals surface area contributed by atoms with Crippen molar-refractivity contribution < 1.29 is 14.3 Å². The SMILES string of the molecule is COc1ccc(N2CC(C(=O)N(C)CC(C)(C)CN)CC2=O)cc1. The average molecular weight is 333 g/mol. The molecule has 132 valence electrons. The topological polar surface area (TPSA) is 75.9 Å². The quantitative estimate of drug-likeness (QED) is 0.856. The van der Waals surface area contributed by atoms with Gasteiger partial charge in [-0.1, -0.05) is 13.8 Å². The zero-order valence-corrected chi connectivity index (χ0v) is 14.9. The van der Waals surface area contributed by atoms with E-state index in [0.717, 1.165) is 11.4 Å². The predicted octanol–water partition coefficient (Wildman–Crippen LogP) is 1.49. The highest BCUT2D eigenvalue weighted by Gasteiger charge is 2.37. The Labute approximate surface area is 143 Å². The maximum atomic E-state index is 12.6. The number of anilines is 1. The minimum atomic E-state index is -0.307. The predicted molar refractivity (Wildman–Crippen MR) is 93.9 cm³/mol. The maximum absolute atomic E-state index is 12.6. The zero-order chi connectivity index (χ0) is 17.9. The Hall–Kier alpha value is -2.08. The molecule has 0 aliphatic carbocycles. The number of rotatable bonds is 6. The van der Waals surface area contributed by atoms with Crippen LogP contribution in [-0.2, 0) is 9.59 Å². The normalized spacial score (nSPS) is 18.0. The summed E-state index contributed by atoms with van der Waals surface area (Å²) >= 11 is 0. The molecule has 1 aromatic carbocycles. The molecule has 0 radical (unpaired) electrons. The van der Waals surface area contributed by atoms with Crippen LogP contribution in [0.2, 0.25) is 0 Å². The molecular weight excluding hydrogens is 306 g/mol. The average Bonchev–Trinajstić information content (AvgIpc) is 2.95. The van der Waals surface area contributed by atoms with E-state index in [0.29, 0.717) is 19.6 Å². The molecular formula is C18H27N3O3. The first kappa shape index (κ1) is 18.3. The van der Waals surface area contributed by atoms with Crippen LogP contribution < -0.4 is 15.4 Å². The Morgan fingerprint density at radius 2 is 2.00 bits per heavy atom.